The highest BCUT2D eigenvalue weighted by Crippen LogP contribution is 2.46. The van der Waals surface area contributed by atoms with Crippen molar-refractivity contribution in [2.45, 2.75) is 57.3 Å². The molecule has 5 unspecified atom stereocenters. The van der Waals surface area contributed by atoms with Crippen LogP contribution in [-0.4, -0.2) is 40.4 Å². The first-order valence-corrected chi connectivity index (χ1v) is 11.0. The number of hydrazine groups is 1. The standard InChI is InChI=1S/C23H30FN5O/c1-3-13-9-19(30)12(2)8-17(13)15-4-5-16-21(20(15)24)28-29-22(16)23-26-11-18(27-23)14-6-7-25-10-14/h6,8-9,11,15-16,20-22,25,28-30H,3-5,7,10H2,1-2H3,(H,26,27). The lowest BCUT2D eigenvalue weighted by molar-refractivity contribution is 0.135. The zero-order chi connectivity index (χ0) is 20.8. The van der Waals surface area contributed by atoms with Gasteiger partial charge in [-0.05, 0) is 54.5 Å². The van der Waals surface area contributed by atoms with Crippen LogP contribution in [0.1, 0.15) is 59.9 Å². The molecule has 5 N–H and O–H groups in total. The number of phenolic OH excluding ortho intramolecular Hbond substituents is 1. The van der Waals surface area contributed by atoms with Gasteiger partial charge in [-0.25, -0.2) is 14.8 Å². The fraction of sp³-hybridized carbons (Fsp3) is 0.522. The number of aromatic amines is 1. The largest absolute Gasteiger partial charge is 0.508 e. The lowest BCUT2D eigenvalue weighted by Crippen LogP contribution is -2.45. The molecule has 7 heteroatoms. The Morgan fingerprint density at radius 3 is 2.87 bits per heavy atom. The Morgan fingerprint density at radius 2 is 2.10 bits per heavy atom. The Kier molecular flexibility index (Phi) is 5.13. The van der Waals surface area contributed by atoms with Crippen LogP contribution in [0, 0.1) is 12.8 Å². The lowest BCUT2D eigenvalue weighted by atomic mass is 9.71. The number of nitrogens with one attached hydrogen (secondary N) is 4. The van der Waals surface area contributed by atoms with E-state index in [1.807, 2.05) is 25.3 Å². The number of benzene rings is 1. The number of H-pyrrole nitrogens is 1. The maximum atomic E-state index is 15.8. The van der Waals surface area contributed by atoms with Gasteiger partial charge in [0.15, 0.2) is 0 Å². The zero-order valence-electron chi connectivity index (χ0n) is 17.5. The van der Waals surface area contributed by atoms with E-state index in [0.29, 0.717) is 5.75 Å². The van der Waals surface area contributed by atoms with Gasteiger partial charge in [0.2, 0.25) is 0 Å². The molecule has 3 heterocycles. The number of alkyl halides is 1. The molecule has 2 fully saturated rings. The van der Waals surface area contributed by atoms with Gasteiger partial charge < -0.3 is 15.4 Å². The van der Waals surface area contributed by atoms with Gasteiger partial charge in [0.1, 0.15) is 17.7 Å². The summed E-state index contributed by atoms with van der Waals surface area (Å²) in [6.07, 6.45) is 5.56. The fourth-order valence-corrected chi connectivity index (χ4v) is 5.40. The van der Waals surface area contributed by atoms with E-state index in [-0.39, 0.29) is 23.9 Å². The Labute approximate surface area is 176 Å². The summed E-state index contributed by atoms with van der Waals surface area (Å²) in [5.74, 6) is 1.16. The molecule has 30 heavy (non-hydrogen) atoms. The average molecular weight is 412 g/mol. The van der Waals surface area contributed by atoms with Crippen LogP contribution in [0.2, 0.25) is 0 Å². The maximum Gasteiger partial charge on any atom is 0.125 e. The Balaban J connectivity index is 1.37. The third-order valence-corrected chi connectivity index (χ3v) is 7.12. The van der Waals surface area contributed by atoms with E-state index < -0.39 is 6.17 Å². The molecule has 0 spiro atoms. The monoisotopic (exact) mass is 411 g/mol. The summed E-state index contributed by atoms with van der Waals surface area (Å²) in [5, 5.41) is 13.4. The van der Waals surface area contributed by atoms with Crippen molar-refractivity contribution in [3.63, 3.8) is 0 Å². The van der Waals surface area contributed by atoms with E-state index in [9.17, 15) is 5.11 Å². The maximum absolute atomic E-state index is 15.8. The van der Waals surface area contributed by atoms with E-state index in [1.54, 1.807) is 0 Å². The fourth-order valence-electron chi connectivity index (χ4n) is 5.40. The first kappa shape index (κ1) is 19.7. The van der Waals surface area contributed by atoms with Crippen LogP contribution in [0.5, 0.6) is 5.75 Å². The second-order valence-corrected chi connectivity index (χ2v) is 8.82. The van der Waals surface area contributed by atoms with E-state index in [2.05, 4.69) is 39.1 Å². The Morgan fingerprint density at radius 1 is 1.23 bits per heavy atom. The van der Waals surface area contributed by atoms with E-state index >= 15 is 4.39 Å². The summed E-state index contributed by atoms with van der Waals surface area (Å²) < 4.78 is 15.8. The first-order chi connectivity index (χ1) is 14.6. The second kappa shape index (κ2) is 7.80. The number of fused-ring (bicyclic) bond motifs is 1. The van der Waals surface area contributed by atoms with Crippen molar-refractivity contribution >= 4 is 5.57 Å². The van der Waals surface area contributed by atoms with Gasteiger partial charge in [-0.1, -0.05) is 19.1 Å². The smallest absolute Gasteiger partial charge is 0.125 e. The van der Waals surface area contributed by atoms with Crippen LogP contribution in [0.15, 0.2) is 24.4 Å². The van der Waals surface area contributed by atoms with Crippen molar-refractivity contribution in [3.05, 3.63) is 52.6 Å². The van der Waals surface area contributed by atoms with Crippen molar-refractivity contribution in [2.75, 3.05) is 13.1 Å². The Bertz CT molecular complexity index is 970. The van der Waals surface area contributed by atoms with E-state index in [4.69, 9.17) is 0 Å². The molecular formula is C23H30FN5O. The van der Waals surface area contributed by atoms with Gasteiger partial charge in [0.25, 0.3) is 0 Å². The highest BCUT2D eigenvalue weighted by molar-refractivity contribution is 5.65. The number of rotatable bonds is 4. The van der Waals surface area contributed by atoms with Crippen molar-refractivity contribution in [1.29, 1.82) is 0 Å². The molecule has 1 aliphatic carbocycles. The van der Waals surface area contributed by atoms with Crippen LogP contribution in [-0.2, 0) is 6.42 Å². The van der Waals surface area contributed by atoms with Crippen LogP contribution in [0.4, 0.5) is 4.39 Å². The number of halogens is 1. The van der Waals surface area contributed by atoms with Crippen molar-refractivity contribution in [3.8, 4) is 5.75 Å². The normalized spacial score (nSPS) is 31.0. The third kappa shape index (κ3) is 3.25. The molecule has 3 aliphatic rings. The molecule has 0 radical (unpaired) electrons. The number of imidazole rings is 1. The molecular weight excluding hydrogens is 381 g/mol. The molecule has 0 amide bonds. The third-order valence-electron chi connectivity index (χ3n) is 7.12. The van der Waals surface area contributed by atoms with Crippen LogP contribution < -0.4 is 16.2 Å². The number of aryl methyl sites for hydroxylation is 2. The van der Waals surface area contributed by atoms with Gasteiger partial charge in [0, 0.05) is 24.9 Å². The number of phenols is 1. The summed E-state index contributed by atoms with van der Waals surface area (Å²) >= 11 is 0. The van der Waals surface area contributed by atoms with E-state index in [0.717, 1.165) is 60.6 Å². The van der Waals surface area contributed by atoms with E-state index in [1.165, 1.54) is 5.57 Å². The van der Waals surface area contributed by atoms with Crippen molar-refractivity contribution in [2.24, 2.45) is 5.92 Å². The van der Waals surface area contributed by atoms with Gasteiger partial charge >= 0.3 is 0 Å². The minimum atomic E-state index is -0.994. The Hall–Kier alpha value is -2.22. The van der Waals surface area contributed by atoms with Crippen LogP contribution in [0.25, 0.3) is 5.57 Å². The average Bonchev–Trinajstić information content (AvgIpc) is 3.49. The molecule has 5 atom stereocenters. The molecule has 1 aromatic carbocycles. The van der Waals surface area contributed by atoms with Gasteiger partial charge in [-0.3, -0.25) is 5.43 Å². The number of aromatic hydroxyl groups is 1. The van der Waals surface area contributed by atoms with Crippen LogP contribution >= 0.6 is 0 Å². The highest BCUT2D eigenvalue weighted by atomic mass is 19.1. The number of hydrogen-bond acceptors (Lipinski definition) is 5. The summed E-state index contributed by atoms with van der Waals surface area (Å²) in [5.41, 5.74) is 11.7. The summed E-state index contributed by atoms with van der Waals surface area (Å²) in [6, 6.07) is 3.51. The van der Waals surface area contributed by atoms with Gasteiger partial charge in [-0.15, -0.1) is 0 Å². The summed E-state index contributed by atoms with van der Waals surface area (Å²) in [4.78, 5) is 8.06. The van der Waals surface area contributed by atoms with Crippen LogP contribution in [0.3, 0.4) is 0 Å². The number of nitrogens with zero attached hydrogens (tertiary/aromatic N) is 1. The number of hydrogen-bond donors (Lipinski definition) is 5. The first-order valence-electron chi connectivity index (χ1n) is 11.0. The minimum Gasteiger partial charge on any atom is -0.508 e. The molecule has 2 aromatic rings. The predicted octanol–water partition coefficient (Wildman–Crippen LogP) is 3.02. The lowest BCUT2D eigenvalue weighted by Gasteiger charge is -2.37. The molecule has 1 aromatic heterocycles. The molecule has 160 valence electrons. The number of aromatic nitrogens is 2. The molecule has 2 aliphatic heterocycles. The molecule has 5 rings (SSSR count). The summed E-state index contributed by atoms with van der Waals surface area (Å²) in [7, 11) is 0. The molecule has 1 saturated carbocycles. The molecule has 0 bridgehead atoms. The molecule has 6 nitrogen and oxygen atoms in total. The quantitative estimate of drug-likeness (QED) is 0.534. The SMILES string of the molecule is CCc1cc(O)c(C)cc1C1CCC2C(c3ncc(C4=CCNC4)[nH]3)NNC2C1F. The predicted molar refractivity (Wildman–Crippen MR) is 115 cm³/mol. The van der Waals surface area contributed by atoms with Crippen molar-refractivity contribution in [1.82, 2.24) is 26.1 Å². The summed E-state index contributed by atoms with van der Waals surface area (Å²) in [6.45, 7) is 5.68. The zero-order valence-corrected chi connectivity index (χ0v) is 17.5. The highest BCUT2D eigenvalue weighted by Gasteiger charge is 2.48. The topological polar surface area (TPSA) is 85.0 Å². The van der Waals surface area contributed by atoms with Gasteiger partial charge in [0.05, 0.1) is 24.0 Å². The van der Waals surface area contributed by atoms with Gasteiger partial charge in [-0.2, -0.15) is 0 Å². The minimum absolute atomic E-state index is 0.0230. The second-order valence-electron chi connectivity index (χ2n) is 8.82. The van der Waals surface area contributed by atoms with Crippen molar-refractivity contribution < 1.29 is 9.50 Å². The molecule has 1 saturated heterocycles.